The summed E-state index contributed by atoms with van der Waals surface area (Å²) in [6, 6.07) is 3.97. The molecule has 0 aliphatic carbocycles. The van der Waals surface area contributed by atoms with Crippen molar-refractivity contribution in [3.05, 3.63) is 17.7 Å². The maximum absolute atomic E-state index is 9.77. The average Bonchev–Trinajstić information content (AvgIpc) is 2.73. The van der Waals surface area contributed by atoms with Crippen molar-refractivity contribution in [1.82, 2.24) is 10.2 Å². The van der Waals surface area contributed by atoms with E-state index in [2.05, 4.69) is 10.2 Å². The van der Waals surface area contributed by atoms with Crippen molar-refractivity contribution < 1.29 is 44.2 Å². The molecule has 2 rings (SSSR count). The molecule has 0 aromatic heterocycles. The fraction of sp³-hybridized carbons (Fsp3) is 0.556. The van der Waals surface area contributed by atoms with E-state index in [4.69, 9.17) is 34.6 Å². The lowest BCUT2D eigenvalue weighted by molar-refractivity contribution is -0.165. The van der Waals surface area contributed by atoms with Crippen molar-refractivity contribution in [2.75, 3.05) is 47.5 Å². The lowest BCUT2D eigenvalue weighted by Crippen LogP contribution is -2.42. The number of carboxylic acids is 2. The molecule has 1 fully saturated rings. The molecule has 1 saturated heterocycles. The number of aliphatic hydroxyl groups excluding tert-OH is 2. The normalized spacial score (nSPS) is 16.0. The third-order valence-electron chi connectivity index (χ3n) is 4.19. The Morgan fingerprint density at radius 1 is 0.966 bits per heavy atom. The molecule has 29 heavy (non-hydrogen) atoms. The van der Waals surface area contributed by atoms with Crippen LogP contribution in [0.15, 0.2) is 12.1 Å². The van der Waals surface area contributed by atoms with E-state index < -0.39 is 24.1 Å². The predicted octanol–water partition coefficient (Wildman–Crippen LogP) is -1.00. The van der Waals surface area contributed by atoms with Gasteiger partial charge in [0.1, 0.15) is 0 Å². The third kappa shape index (κ3) is 7.06. The second-order valence-electron chi connectivity index (χ2n) is 6.09. The number of benzene rings is 1. The molecule has 0 saturated carbocycles. The van der Waals surface area contributed by atoms with Gasteiger partial charge in [0.15, 0.2) is 23.7 Å². The first-order valence-electron chi connectivity index (χ1n) is 8.79. The molecule has 0 amide bonds. The lowest BCUT2D eigenvalue weighted by atomic mass is 10.1. The van der Waals surface area contributed by atoms with Crippen LogP contribution in [0, 0.1) is 0 Å². The zero-order valence-corrected chi connectivity index (χ0v) is 16.6. The molecule has 11 nitrogen and oxygen atoms in total. The molecule has 11 heteroatoms. The quantitative estimate of drug-likeness (QED) is 0.354. The smallest absolute Gasteiger partial charge is 0.335 e. The minimum atomic E-state index is -2.27. The Kier molecular flexibility index (Phi) is 10.2. The SMILES string of the molecule is COc1ccc(CN2CCNCC2)c(OC)c1OC.O=C(O)C(O)C(O)C(=O)O. The van der Waals surface area contributed by atoms with E-state index in [1.165, 1.54) is 0 Å². The van der Waals surface area contributed by atoms with Crippen LogP contribution in [0.4, 0.5) is 0 Å². The molecule has 1 aromatic carbocycles. The number of ether oxygens (including phenoxy) is 3. The number of rotatable bonds is 8. The second-order valence-corrected chi connectivity index (χ2v) is 6.09. The largest absolute Gasteiger partial charge is 0.493 e. The minimum Gasteiger partial charge on any atom is -0.493 e. The summed E-state index contributed by atoms with van der Waals surface area (Å²) in [6.07, 6.45) is -4.53. The fourth-order valence-corrected chi connectivity index (χ4v) is 2.67. The van der Waals surface area contributed by atoms with Crippen LogP contribution in [0.25, 0.3) is 0 Å². The number of methoxy groups -OCH3 is 3. The molecule has 164 valence electrons. The van der Waals surface area contributed by atoms with Gasteiger partial charge in [-0.25, -0.2) is 9.59 Å². The van der Waals surface area contributed by atoms with Crippen molar-refractivity contribution >= 4 is 11.9 Å². The first kappa shape index (κ1) is 24.4. The molecule has 2 atom stereocenters. The minimum absolute atomic E-state index is 0.664. The number of nitrogens with zero attached hydrogens (tertiary/aromatic N) is 1. The predicted molar refractivity (Wildman–Crippen MR) is 102 cm³/mol. The number of hydrogen-bond acceptors (Lipinski definition) is 9. The maximum Gasteiger partial charge on any atom is 0.335 e. The van der Waals surface area contributed by atoms with Gasteiger partial charge in [-0.2, -0.15) is 0 Å². The van der Waals surface area contributed by atoms with Gasteiger partial charge in [-0.3, -0.25) is 4.90 Å². The lowest BCUT2D eigenvalue weighted by Gasteiger charge is -2.28. The van der Waals surface area contributed by atoms with E-state index >= 15 is 0 Å². The molecule has 1 heterocycles. The van der Waals surface area contributed by atoms with Crippen LogP contribution in [0.1, 0.15) is 5.56 Å². The van der Waals surface area contributed by atoms with Gasteiger partial charge in [0, 0.05) is 38.3 Å². The summed E-state index contributed by atoms with van der Waals surface area (Å²) < 4.78 is 16.2. The van der Waals surface area contributed by atoms with Crippen molar-refractivity contribution in [2.45, 2.75) is 18.8 Å². The van der Waals surface area contributed by atoms with Crippen LogP contribution in [0.5, 0.6) is 17.2 Å². The highest BCUT2D eigenvalue weighted by molar-refractivity contribution is 5.83. The molecule has 0 bridgehead atoms. The van der Waals surface area contributed by atoms with Crippen LogP contribution in [0.2, 0.25) is 0 Å². The van der Waals surface area contributed by atoms with E-state index in [1.54, 1.807) is 21.3 Å². The third-order valence-corrected chi connectivity index (χ3v) is 4.19. The van der Waals surface area contributed by atoms with Crippen LogP contribution in [-0.2, 0) is 16.1 Å². The second kappa shape index (κ2) is 12.1. The first-order chi connectivity index (χ1) is 13.8. The molecule has 1 aliphatic rings. The number of hydrogen-bond donors (Lipinski definition) is 5. The fourth-order valence-electron chi connectivity index (χ4n) is 2.67. The molecule has 0 spiro atoms. The van der Waals surface area contributed by atoms with Gasteiger partial charge in [-0.1, -0.05) is 6.07 Å². The van der Waals surface area contributed by atoms with Gasteiger partial charge in [-0.15, -0.1) is 0 Å². The Balaban J connectivity index is 0.000000359. The molecule has 0 radical (unpaired) electrons. The summed E-state index contributed by atoms with van der Waals surface area (Å²) in [6.45, 7) is 5.05. The van der Waals surface area contributed by atoms with Crippen molar-refractivity contribution in [1.29, 1.82) is 0 Å². The summed E-state index contributed by atoms with van der Waals surface area (Å²) in [5, 5.41) is 35.9. The van der Waals surface area contributed by atoms with E-state index in [-0.39, 0.29) is 0 Å². The highest BCUT2D eigenvalue weighted by Crippen LogP contribution is 2.40. The van der Waals surface area contributed by atoms with Gasteiger partial charge in [0.25, 0.3) is 0 Å². The van der Waals surface area contributed by atoms with Crippen LogP contribution < -0.4 is 19.5 Å². The van der Waals surface area contributed by atoms with E-state index in [9.17, 15) is 9.59 Å². The van der Waals surface area contributed by atoms with Crippen molar-refractivity contribution in [3.8, 4) is 17.2 Å². The number of aliphatic hydroxyl groups is 2. The van der Waals surface area contributed by atoms with Crippen LogP contribution in [-0.4, -0.2) is 97.0 Å². The van der Waals surface area contributed by atoms with Crippen molar-refractivity contribution in [2.24, 2.45) is 0 Å². The number of piperazine rings is 1. The van der Waals surface area contributed by atoms with Gasteiger partial charge in [-0.05, 0) is 6.07 Å². The summed E-state index contributed by atoms with van der Waals surface area (Å²) in [7, 11) is 4.93. The Morgan fingerprint density at radius 2 is 1.48 bits per heavy atom. The Morgan fingerprint density at radius 3 is 1.90 bits per heavy atom. The first-order valence-corrected chi connectivity index (χ1v) is 8.79. The van der Waals surface area contributed by atoms with E-state index in [1.807, 2.05) is 12.1 Å². The highest BCUT2D eigenvalue weighted by atomic mass is 16.5. The van der Waals surface area contributed by atoms with Gasteiger partial charge < -0.3 is 40.0 Å². The number of carbonyl (C=O) groups is 2. The van der Waals surface area contributed by atoms with Gasteiger partial charge >= 0.3 is 11.9 Å². The summed E-state index contributed by atoms with van der Waals surface area (Å²) in [4.78, 5) is 21.9. The number of carboxylic acid groups (broad SMARTS) is 2. The Hall–Kier alpha value is -2.60. The molecule has 5 N–H and O–H groups in total. The molecule has 1 aromatic rings. The monoisotopic (exact) mass is 416 g/mol. The molecule has 2 unspecified atom stereocenters. The van der Waals surface area contributed by atoms with Crippen molar-refractivity contribution in [3.63, 3.8) is 0 Å². The standard InChI is InChI=1S/C14H22N2O3.C4H6O6/c1-17-12-5-4-11(13(18-2)14(12)19-3)10-16-8-6-15-7-9-16;5-1(3(7)8)2(6)4(9)10/h4-5,15H,6-10H2,1-3H3;1-2,5-6H,(H,7,8)(H,9,10). The van der Waals surface area contributed by atoms with E-state index in [0.717, 1.165) is 44.0 Å². The van der Waals surface area contributed by atoms with Gasteiger partial charge in [0.2, 0.25) is 5.75 Å². The summed E-state index contributed by atoms with van der Waals surface area (Å²) in [5.74, 6) is -1.41. The topological polar surface area (TPSA) is 158 Å². The maximum atomic E-state index is 9.77. The van der Waals surface area contributed by atoms with Crippen LogP contribution in [0.3, 0.4) is 0 Å². The Bertz CT molecular complexity index is 660. The molecular weight excluding hydrogens is 388 g/mol. The zero-order valence-electron chi connectivity index (χ0n) is 16.6. The molecular formula is C18H28N2O9. The molecule has 1 aliphatic heterocycles. The summed E-state index contributed by atoms with van der Waals surface area (Å²) >= 11 is 0. The van der Waals surface area contributed by atoms with E-state index in [0.29, 0.717) is 11.5 Å². The zero-order chi connectivity index (χ0) is 22.0. The van der Waals surface area contributed by atoms with Gasteiger partial charge in [0.05, 0.1) is 21.3 Å². The number of aliphatic carboxylic acids is 2. The van der Waals surface area contributed by atoms with Crippen LogP contribution >= 0.6 is 0 Å². The highest BCUT2D eigenvalue weighted by Gasteiger charge is 2.29. The average molecular weight is 416 g/mol. The Labute approximate surface area is 168 Å². The summed E-state index contributed by atoms with van der Waals surface area (Å²) in [5.41, 5.74) is 1.13. The number of nitrogens with one attached hydrogen (secondary N) is 1.